The molecule has 1 saturated heterocycles. The zero-order valence-electron chi connectivity index (χ0n) is 20.9. The lowest BCUT2D eigenvalue weighted by molar-refractivity contribution is -0.384. The third-order valence-electron chi connectivity index (χ3n) is 5.78. The Labute approximate surface area is 232 Å². The number of nitro benzene ring substituents is 1. The molecule has 0 aliphatic carbocycles. The summed E-state index contributed by atoms with van der Waals surface area (Å²) in [5.74, 6) is -0.652. The van der Waals surface area contributed by atoms with E-state index in [0.29, 0.717) is 33.7 Å². The highest BCUT2D eigenvalue weighted by Crippen LogP contribution is 2.29. The molecule has 3 aromatic rings. The Morgan fingerprint density at radius 2 is 1.72 bits per heavy atom. The number of non-ortho nitro benzene ring substituents is 1. The molecule has 1 heterocycles. The number of nitro groups is 1. The lowest BCUT2D eigenvalue weighted by Gasteiger charge is -2.26. The molecule has 0 saturated carbocycles. The molecule has 1 N–H and O–H groups in total. The van der Waals surface area contributed by atoms with Gasteiger partial charge in [-0.1, -0.05) is 29.3 Å². The molecule has 1 fully saturated rings. The number of halogens is 1. The summed E-state index contributed by atoms with van der Waals surface area (Å²) >= 11 is 3.39. The summed E-state index contributed by atoms with van der Waals surface area (Å²) in [6, 6.07) is 16.6. The molecule has 200 valence electrons. The van der Waals surface area contributed by atoms with Gasteiger partial charge in [0.25, 0.3) is 17.5 Å². The number of urea groups is 1. The van der Waals surface area contributed by atoms with Crippen LogP contribution in [-0.4, -0.2) is 29.4 Å². The van der Waals surface area contributed by atoms with Gasteiger partial charge in [0.15, 0.2) is 0 Å². The van der Waals surface area contributed by atoms with Crippen LogP contribution in [0, 0.1) is 10.1 Å². The third-order valence-corrected chi connectivity index (χ3v) is 6.27. The molecule has 1 aliphatic rings. The summed E-state index contributed by atoms with van der Waals surface area (Å²) in [6.07, 6.45) is 3.25. The summed E-state index contributed by atoms with van der Waals surface area (Å²) < 4.78 is 12.2. The van der Waals surface area contributed by atoms with Crippen molar-refractivity contribution < 1.29 is 28.8 Å². The van der Waals surface area contributed by atoms with Gasteiger partial charge in [-0.05, 0) is 72.7 Å². The molecule has 3 aromatic carbocycles. The minimum atomic E-state index is -0.856. The van der Waals surface area contributed by atoms with Gasteiger partial charge < -0.3 is 9.47 Å². The predicted molar refractivity (Wildman–Crippen MR) is 147 cm³/mol. The van der Waals surface area contributed by atoms with Crippen molar-refractivity contribution in [1.29, 1.82) is 0 Å². The summed E-state index contributed by atoms with van der Waals surface area (Å²) in [7, 11) is 0. The van der Waals surface area contributed by atoms with Gasteiger partial charge in [-0.3, -0.25) is 25.0 Å². The van der Waals surface area contributed by atoms with Crippen LogP contribution < -0.4 is 19.7 Å². The highest BCUT2D eigenvalue weighted by molar-refractivity contribution is 9.10. The average molecular weight is 594 g/mol. The molecule has 0 aromatic heterocycles. The fraction of sp³-hybridized carbons (Fsp3) is 0.179. The predicted octanol–water partition coefficient (Wildman–Crippen LogP) is 5.78. The van der Waals surface area contributed by atoms with E-state index in [1.807, 2.05) is 0 Å². The number of barbiturate groups is 1. The zero-order valence-corrected chi connectivity index (χ0v) is 22.5. The SMILES string of the molecule is CCCCOc1ccc(N2C(=O)NC(=O)/C(=C/c3cc(Br)ccc3OCc3ccc([N+](=O)[O-])cc3)C2=O)cc1. The highest BCUT2D eigenvalue weighted by Gasteiger charge is 2.37. The van der Waals surface area contributed by atoms with E-state index < -0.39 is 22.8 Å². The number of carbonyl (C=O) groups excluding carboxylic acids is 3. The molecule has 1 aliphatic heterocycles. The second-order valence-electron chi connectivity index (χ2n) is 8.55. The number of nitrogens with zero attached hydrogens (tertiary/aromatic N) is 2. The van der Waals surface area contributed by atoms with Crippen molar-refractivity contribution in [2.75, 3.05) is 11.5 Å². The molecule has 0 bridgehead atoms. The first-order valence-electron chi connectivity index (χ1n) is 12.1. The topological polar surface area (TPSA) is 128 Å². The fourth-order valence-corrected chi connectivity index (χ4v) is 4.09. The van der Waals surface area contributed by atoms with Crippen molar-refractivity contribution >= 4 is 51.2 Å². The summed E-state index contributed by atoms with van der Waals surface area (Å²) in [5, 5.41) is 13.1. The van der Waals surface area contributed by atoms with Gasteiger partial charge in [0, 0.05) is 22.2 Å². The first-order chi connectivity index (χ1) is 18.8. The fourth-order valence-electron chi connectivity index (χ4n) is 3.71. The Balaban J connectivity index is 1.57. The van der Waals surface area contributed by atoms with Gasteiger partial charge in [0.05, 0.1) is 17.2 Å². The van der Waals surface area contributed by atoms with E-state index in [-0.39, 0.29) is 23.6 Å². The summed E-state index contributed by atoms with van der Waals surface area (Å²) in [6.45, 7) is 2.70. The molecule has 0 atom stereocenters. The molecular formula is C28H24BrN3O7. The second kappa shape index (κ2) is 12.4. The number of unbranched alkanes of at least 4 members (excludes halogenated alkanes) is 1. The second-order valence-corrected chi connectivity index (χ2v) is 9.46. The summed E-state index contributed by atoms with van der Waals surface area (Å²) in [4.78, 5) is 49.9. The molecule has 4 amide bonds. The van der Waals surface area contributed by atoms with E-state index in [4.69, 9.17) is 9.47 Å². The molecule has 0 unspecified atom stereocenters. The van der Waals surface area contributed by atoms with Crippen LogP contribution in [0.5, 0.6) is 11.5 Å². The smallest absolute Gasteiger partial charge is 0.335 e. The van der Waals surface area contributed by atoms with E-state index >= 15 is 0 Å². The number of imide groups is 2. The quantitative estimate of drug-likeness (QED) is 0.104. The number of benzene rings is 3. The van der Waals surface area contributed by atoms with Crippen LogP contribution in [0.25, 0.3) is 6.08 Å². The Bertz CT molecular complexity index is 1440. The van der Waals surface area contributed by atoms with Gasteiger partial charge in [-0.25, -0.2) is 9.69 Å². The van der Waals surface area contributed by atoms with Crippen LogP contribution in [0.3, 0.4) is 0 Å². The van der Waals surface area contributed by atoms with Crippen molar-refractivity contribution in [1.82, 2.24) is 5.32 Å². The van der Waals surface area contributed by atoms with Gasteiger partial charge >= 0.3 is 6.03 Å². The third kappa shape index (κ3) is 6.68. The number of anilines is 1. The van der Waals surface area contributed by atoms with Gasteiger partial charge in [0.2, 0.25) is 0 Å². The van der Waals surface area contributed by atoms with E-state index in [1.165, 1.54) is 18.2 Å². The lowest BCUT2D eigenvalue weighted by atomic mass is 10.1. The van der Waals surface area contributed by atoms with Crippen molar-refractivity contribution in [3.05, 3.63) is 98.0 Å². The normalized spacial score (nSPS) is 14.4. The zero-order chi connectivity index (χ0) is 27.9. The molecule has 0 spiro atoms. The number of ether oxygens (including phenoxy) is 2. The summed E-state index contributed by atoms with van der Waals surface area (Å²) in [5.41, 5.74) is 1.09. The lowest BCUT2D eigenvalue weighted by Crippen LogP contribution is -2.54. The molecule has 4 rings (SSSR count). The maximum atomic E-state index is 13.3. The van der Waals surface area contributed by atoms with E-state index in [2.05, 4.69) is 28.2 Å². The van der Waals surface area contributed by atoms with Gasteiger partial charge in [0.1, 0.15) is 23.7 Å². The van der Waals surface area contributed by atoms with E-state index in [9.17, 15) is 24.5 Å². The number of hydrogen-bond donors (Lipinski definition) is 1. The Morgan fingerprint density at radius 1 is 1.00 bits per heavy atom. The largest absolute Gasteiger partial charge is 0.494 e. The Kier molecular flexibility index (Phi) is 8.72. The van der Waals surface area contributed by atoms with Gasteiger partial charge in [-0.2, -0.15) is 0 Å². The number of nitrogens with one attached hydrogen (secondary N) is 1. The average Bonchev–Trinajstić information content (AvgIpc) is 2.91. The van der Waals surface area contributed by atoms with Crippen LogP contribution in [0.1, 0.15) is 30.9 Å². The molecule has 39 heavy (non-hydrogen) atoms. The van der Waals surface area contributed by atoms with Crippen LogP contribution in [0.4, 0.5) is 16.2 Å². The highest BCUT2D eigenvalue weighted by atomic mass is 79.9. The van der Waals surface area contributed by atoms with Crippen molar-refractivity contribution in [3.63, 3.8) is 0 Å². The standard InChI is InChI=1S/C28H24BrN3O7/c1-2-3-14-38-23-11-9-21(10-12-23)31-27(34)24(26(33)30-28(31)35)16-19-15-20(29)6-13-25(19)39-17-18-4-7-22(8-5-18)32(36)37/h4-13,15-16H,2-3,14,17H2,1H3,(H,30,33,35)/b24-16-. The Morgan fingerprint density at radius 3 is 2.38 bits per heavy atom. The van der Waals surface area contributed by atoms with Crippen molar-refractivity contribution in [3.8, 4) is 11.5 Å². The molecule has 11 heteroatoms. The monoisotopic (exact) mass is 593 g/mol. The van der Waals surface area contributed by atoms with Gasteiger partial charge in [-0.15, -0.1) is 0 Å². The van der Waals surface area contributed by atoms with Crippen LogP contribution >= 0.6 is 15.9 Å². The first-order valence-corrected chi connectivity index (χ1v) is 12.9. The maximum Gasteiger partial charge on any atom is 0.335 e. The molecular weight excluding hydrogens is 570 g/mol. The molecule has 0 radical (unpaired) electrons. The first kappa shape index (κ1) is 27.5. The van der Waals surface area contributed by atoms with Crippen molar-refractivity contribution in [2.45, 2.75) is 26.4 Å². The van der Waals surface area contributed by atoms with Crippen molar-refractivity contribution in [2.24, 2.45) is 0 Å². The number of rotatable bonds is 10. The van der Waals surface area contributed by atoms with Crippen LogP contribution in [-0.2, 0) is 16.2 Å². The minimum absolute atomic E-state index is 0.0348. The maximum absolute atomic E-state index is 13.3. The molecule has 10 nitrogen and oxygen atoms in total. The number of hydrogen-bond acceptors (Lipinski definition) is 7. The van der Waals surface area contributed by atoms with E-state index in [1.54, 1.807) is 54.6 Å². The Hall–Kier alpha value is -4.51. The van der Waals surface area contributed by atoms with E-state index in [0.717, 1.165) is 17.7 Å². The van der Waals surface area contributed by atoms with Crippen LogP contribution in [0.2, 0.25) is 0 Å². The minimum Gasteiger partial charge on any atom is -0.494 e. The van der Waals surface area contributed by atoms with Crippen LogP contribution in [0.15, 0.2) is 76.8 Å². The number of carbonyl (C=O) groups is 3. The number of amides is 4.